The van der Waals surface area contributed by atoms with Crippen LogP contribution in [0.15, 0.2) is 72.8 Å². The molecule has 33 heavy (non-hydrogen) atoms. The molecule has 0 aliphatic carbocycles. The molecule has 0 aliphatic rings. The molecule has 0 atom stereocenters. The molecular weight excluding hydrogens is 412 g/mol. The topological polar surface area (TPSA) is 0 Å². The van der Waals surface area contributed by atoms with Crippen LogP contribution in [0.5, 0.6) is 0 Å². The SMILES string of the molecule is C#Cc1ccc2ccccc2c1-c1c(C#C[Si](C)(C)C(C)(C)C(C)C)ccc2ccccc12. The predicted octanol–water partition coefficient (Wildman–Crippen LogP) is 8.68. The summed E-state index contributed by atoms with van der Waals surface area (Å²) in [7, 11) is -1.85. The number of benzene rings is 4. The van der Waals surface area contributed by atoms with Crippen LogP contribution in [0, 0.1) is 29.7 Å². The van der Waals surface area contributed by atoms with Gasteiger partial charge in [0.25, 0.3) is 0 Å². The Morgan fingerprint density at radius 2 is 1.21 bits per heavy atom. The highest BCUT2D eigenvalue weighted by molar-refractivity contribution is 6.87. The van der Waals surface area contributed by atoms with Crippen molar-refractivity contribution >= 4 is 29.6 Å². The number of hydrogen-bond donors (Lipinski definition) is 0. The van der Waals surface area contributed by atoms with E-state index >= 15 is 0 Å². The van der Waals surface area contributed by atoms with Gasteiger partial charge >= 0.3 is 0 Å². The second-order valence-corrected chi connectivity index (χ2v) is 15.1. The molecule has 0 fully saturated rings. The molecule has 4 aromatic carbocycles. The molecule has 0 N–H and O–H groups in total. The summed E-state index contributed by atoms with van der Waals surface area (Å²) in [6.07, 6.45) is 6.03. The summed E-state index contributed by atoms with van der Waals surface area (Å²) < 4.78 is 0. The molecular formula is C32H32Si. The molecule has 0 bridgehead atoms. The quantitative estimate of drug-likeness (QED) is 0.219. The Hall–Kier alpha value is -3.26. The molecule has 4 rings (SSSR count). The van der Waals surface area contributed by atoms with Gasteiger partial charge in [-0.1, -0.05) is 113 Å². The highest BCUT2D eigenvalue weighted by Crippen LogP contribution is 2.44. The average Bonchev–Trinajstić information content (AvgIpc) is 2.81. The van der Waals surface area contributed by atoms with E-state index in [0.717, 1.165) is 22.3 Å². The lowest BCUT2D eigenvalue weighted by Gasteiger charge is -2.39. The molecule has 1 heteroatoms. The predicted molar refractivity (Wildman–Crippen MR) is 148 cm³/mol. The van der Waals surface area contributed by atoms with Crippen molar-refractivity contribution in [3.63, 3.8) is 0 Å². The summed E-state index contributed by atoms with van der Waals surface area (Å²) >= 11 is 0. The zero-order valence-electron chi connectivity index (χ0n) is 20.6. The van der Waals surface area contributed by atoms with Gasteiger partial charge in [-0.15, -0.1) is 12.0 Å². The van der Waals surface area contributed by atoms with Gasteiger partial charge in [0, 0.05) is 22.3 Å². The minimum atomic E-state index is -1.85. The highest BCUT2D eigenvalue weighted by Gasteiger charge is 2.40. The van der Waals surface area contributed by atoms with Gasteiger partial charge in [-0.25, -0.2) is 0 Å². The molecule has 0 nitrogen and oxygen atoms in total. The molecule has 0 aliphatic heterocycles. The van der Waals surface area contributed by atoms with Gasteiger partial charge in [0.2, 0.25) is 0 Å². The molecule has 0 radical (unpaired) electrons. The first-order chi connectivity index (χ1) is 15.7. The van der Waals surface area contributed by atoms with Gasteiger partial charge in [0.15, 0.2) is 0 Å². The molecule has 0 aromatic heterocycles. The normalized spacial score (nSPS) is 11.9. The van der Waals surface area contributed by atoms with Crippen LogP contribution in [0.4, 0.5) is 0 Å². The van der Waals surface area contributed by atoms with Crippen LogP contribution in [-0.4, -0.2) is 8.07 Å². The first kappa shape index (κ1) is 22.9. The van der Waals surface area contributed by atoms with E-state index in [0.29, 0.717) is 5.92 Å². The first-order valence-corrected chi connectivity index (χ1v) is 14.7. The lowest BCUT2D eigenvalue weighted by Crippen LogP contribution is -2.41. The minimum absolute atomic E-state index is 0.209. The third kappa shape index (κ3) is 3.99. The van der Waals surface area contributed by atoms with Crippen molar-refractivity contribution in [2.75, 3.05) is 0 Å². The van der Waals surface area contributed by atoms with Crippen molar-refractivity contribution in [2.45, 2.75) is 45.8 Å². The largest absolute Gasteiger partial charge is 0.138 e. The Morgan fingerprint density at radius 3 is 1.73 bits per heavy atom. The van der Waals surface area contributed by atoms with Crippen LogP contribution < -0.4 is 0 Å². The first-order valence-electron chi connectivity index (χ1n) is 11.7. The fourth-order valence-corrected chi connectivity index (χ4v) is 6.63. The number of rotatable bonds is 3. The number of terminal acetylenes is 1. The van der Waals surface area contributed by atoms with E-state index in [1.807, 2.05) is 0 Å². The molecule has 0 unspecified atom stereocenters. The van der Waals surface area contributed by atoms with E-state index in [1.54, 1.807) is 0 Å². The lowest BCUT2D eigenvalue weighted by molar-refractivity contribution is 0.462. The van der Waals surface area contributed by atoms with Crippen molar-refractivity contribution in [1.82, 2.24) is 0 Å². The zero-order chi connectivity index (χ0) is 23.8. The Kier molecular flexibility index (Phi) is 5.96. The third-order valence-corrected chi connectivity index (χ3v) is 12.4. The molecule has 0 amide bonds. The fourth-order valence-electron chi connectivity index (χ4n) is 4.41. The van der Waals surface area contributed by atoms with E-state index in [-0.39, 0.29) is 5.04 Å². The average molecular weight is 445 g/mol. The summed E-state index contributed by atoms with van der Waals surface area (Å²) in [5.74, 6) is 7.19. The Labute approximate surface area is 200 Å². The van der Waals surface area contributed by atoms with Crippen molar-refractivity contribution in [1.29, 1.82) is 0 Å². The molecule has 4 aromatic rings. The Bertz CT molecular complexity index is 1450. The van der Waals surface area contributed by atoms with Crippen molar-refractivity contribution in [3.05, 3.63) is 83.9 Å². The van der Waals surface area contributed by atoms with Gasteiger partial charge in [0.1, 0.15) is 8.07 Å². The van der Waals surface area contributed by atoms with Crippen molar-refractivity contribution < 1.29 is 0 Å². The van der Waals surface area contributed by atoms with E-state index < -0.39 is 8.07 Å². The van der Waals surface area contributed by atoms with Gasteiger partial charge in [-0.05, 0) is 44.6 Å². The summed E-state index contributed by atoms with van der Waals surface area (Å²) in [5, 5.41) is 4.97. The van der Waals surface area contributed by atoms with Crippen LogP contribution in [0.1, 0.15) is 38.8 Å². The summed E-state index contributed by atoms with van der Waals surface area (Å²) in [6, 6.07) is 25.6. The molecule has 0 spiro atoms. The van der Waals surface area contributed by atoms with E-state index in [4.69, 9.17) is 6.42 Å². The van der Waals surface area contributed by atoms with Crippen LogP contribution in [-0.2, 0) is 0 Å². The second kappa shape index (κ2) is 8.59. The second-order valence-electron chi connectivity index (χ2n) is 10.3. The smallest absolute Gasteiger partial charge is 0.126 e. The Morgan fingerprint density at radius 1 is 0.727 bits per heavy atom. The fraction of sp³-hybridized carbons (Fsp3) is 0.250. The zero-order valence-corrected chi connectivity index (χ0v) is 21.6. The monoisotopic (exact) mass is 444 g/mol. The van der Waals surface area contributed by atoms with Crippen LogP contribution in [0.2, 0.25) is 18.1 Å². The number of fused-ring (bicyclic) bond motifs is 2. The molecule has 164 valence electrons. The minimum Gasteiger partial charge on any atom is -0.126 e. The summed E-state index contributed by atoms with van der Waals surface area (Å²) in [4.78, 5) is 0. The van der Waals surface area contributed by atoms with Crippen LogP contribution in [0.3, 0.4) is 0 Å². The molecule has 0 saturated heterocycles. The third-order valence-electron chi connectivity index (χ3n) is 7.83. The highest BCUT2D eigenvalue weighted by atomic mass is 28.3. The van der Waals surface area contributed by atoms with Gasteiger partial charge < -0.3 is 0 Å². The van der Waals surface area contributed by atoms with Gasteiger partial charge in [-0.2, -0.15) is 0 Å². The van der Waals surface area contributed by atoms with Crippen molar-refractivity contribution in [3.8, 4) is 34.9 Å². The molecule has 0 saturated carbocycles. The van der Waals surface area contributed by atoms with E-state index in [2.05, 4.69) is 131 Å². The maximum absolute atomic E-state index is 6.03. The molecule has 0 heterocycles. The van der Waals surface area contributed by atoms with Crippen LogP contribution in [0.25, 0.3) is 32.7 Å². The van der Waals surface area contributed by atoms with E-state index in [9.17, 15) is 0 Å². The summed E-state index contributed by atoms with van der Waals surface area (Å²) in [6.45, 7) is 14.2. The summed E-state index contributed by atoms with van der Waals surface area (Å²) in [5.41, 5.74) is 8.02. The maximum atomic E-state index is 6.03. The standard InChI is InChI=1S/C32H32Si/c1-8-24-17-18-25-13-9-11-15-28(25)30(24)31-27(20-19-26-14-10-12-16-29(26)31)21-22-33(6,7)32(4,5)23(2)3/h1,9-20,23H,2-7H3. The number of hydrogen-bond acceptors (Lipinski definition) is 0. The van der Waals surface area contributed by atoms with Crippen LogP contribution >= 0.6 is 0 Å². The maximum Gasteiger partial charge on any atom is 0.138 e. The Balaban J connectivity index is 2.08. The van der Waals surface area contributed by atoms with Gasteiger partial charge in [0.05, 0.1) is 0 Å². The van der Waals surface area contributed by atoms with Crippen molar-refractivity contribution in [2.24, 2.45) is 5.92 Å². The lowest BCUT2D eigenvalue weighted by atomic mass is 9.87. The van der Waals surface area contributed by atoms with Gasteiger partial charge in [-0.3, -0.25) is 0 Å². The van der Waals surface area contributed by atoms with E-state index in [1.165, 1.54) is 21.5 Å².